The number of nitriles is 1. The Bertz CT molecular complexity index is 431. The van der Waals surface area contributed by atoms with Crippen LogP contribution in [0, 0.1) is 11.3 Å². The third-order valence-electron chi connectivity index (χ3n) is 4.51. The molecule has 1 heterocycles. The van der Waals surface area contributed by atoms with Crippen molar-refractivity contribution in [1.29, 1.82) is 5.26 Å². The number of nitrogens with zero attached hydrogens (tertiary/aromatic N) is 2. The van der Waals surface area contributed by atoms with Crippen LogP contribution in [-0.4, -0.2) is 9.97 Å². The van der Waals surface area contributed by atoms with E-state index in [1.54, 1.807) is 0 Å². The van der Waals surface area contributed by atoms with Gasteiger partial charge in [0.1, 0.15) is 11.2 Å². The lowest BCUT2D eigenvalue weighted by Crippen LogP contribution is -2.33. The van der Waals surface area contributed by atoms with E-state index in [1.807, 2.05) is 6.20 Å². The molecule has 0 unspecified atom stereocenters. The lowest BCUT2D eigenvalue weighted by molar-refractivity contribution is 0.308. The molecule has 0 saturated heterocycles. The zero-order valence-electron chi connectivity index (χ0n) is 10.2. The molecule has 3 rings (SSSR count). The standard InChI is InChI=1S/C14H19N3/c15-10-14(7-4-8-14)13-16-9-12(17-13)11-5-2-1-3-6-11/h9,11H,1-8H2,(H,16,17). The van der Waals surface area contributed by atoms with Gasteiger partial charge in [0.25, 0.3) is 0 Å². The Morgan fingerprint density at radius 3 is 2.59 bits per heavy atom. The van der Waals surface area contributed by atoms with Crippen LogP contribution >= 0.6 is 0 Å². The Morgan fingerprint density at radius 2 is 2.00 bits per heavy atom. The Hall–Kier alpha value is -1.30. The minimum absolute atomic E-state index is 0.285. The Balaban J connectivity index is 1.80. The molecule has 17 heavy (non-hydrogen) atoms. The molecule has 2 fully saturated rings. The average Bonchev–Trinajstić information content (AvgIpc) is 2.80. The first-order valence-electron chi connectivity index (χ1n) is 6.81. The fourth-order valence-corrected chi connectivity index (χ4v) is 3.13. The van der Waals surface area contributed by atoms with Gasteiger partial charge in [-0.3, -0.25) is 0 Å². The number of hydrogen-bond acceptors (Lipinski definition) is 2. The molecule has 3 heteroatoms. The average molecular weight is 229 g/mol. The van der Waals surface area contributed by atoms with E-state index >= 15 is 0 Å². The molecule has 1 aromatic rings. The van der Waals surface area contributed by atoms with Gasteiger partial charge in [-0.15, -0.1) is 0 Å². The summed E-state index contributed by atoms with van der Waals surface area (Å²) in [6, 6.07) is 2.45. The second kappa shape index (κ2) is 4.18. The highest BCUT2D eigenvalue weighted by molar-refractivity contribution is 5.26. The normalized spacial score (nSPS) is 23.9. The fourth-order valence-electron chi connectivity index (χ4n) is 3.13. The van der Waals surface area contributed by atoms with E-state index in [2.05, 4.69) is 16.0 Å². The quantitative estimate of drug-likeness (QED) is 0.845. The minimum Gasteiger partial charge on any atom is -0.344 e. The summed E-state index contributed by atoms with van der Waals surface area (Å²) in [5, 5.41) is 9.30. The van der Waals surface area contributed by atoms with Crippen LogP contribution in [-0.2, 0) is 5.41 Å². The molecule has 90 valence electrons. The number of imidazole rings is 1. The van der Waals surface area contributed by atoms with Gasteiger partial charge in [-0.05, 0) is 32.1 Å². The van der Waals surface area contributed by atoms with Gasteiger partial charge >= 0.3 is 0 Å². The Kier molecular flexibility index (Phi) is 2.66. The van der Waals surface area contributed by atoms with Crippen LogP contribution in [0.15, 0.2) is 6.20 Å². The molecule has 0 atom stereocenters. The first-order chi connectivity index (χ1) is 8.34. The molecule has 0 aromatic carbocycles. The molecule has 3 nitrogen and oxygen atoms in total. The van der Waals surface area contributed by atoms with Crippen LogP contribution in [0.5, 0.6) is 0 Å². The molecule has 0 aliphatic heterocycles. The lowest BCUT2D eigenvalue weighted by atomic mass is 9.69. The van der Waals surface area contributed by atoms with Gasteiger partial charge in [0.15, 0.2) is 0 Å². The van der Waals surface area contributed by atoms with Crippen LogP contribution in [0.25, 0.3) is 0 Å². The van der Waals surface area contributed by atoms with E-state index in [-0.39, 0.29) is 5.41 Å². The van der Waals surface area contributed by atoms with Crippen molar-refractivity contribution in [2.45, 2.75) is 62.7 Å². The minimum atomic E-state index is -0.285. The van der Waals surface area contributed by atoms with Gasteiger partial charge in [-0.25, -0.2) is 4.98 Å². The maximum atomic E-state index is 9.30. The van der Waals surface area contributed by atoms with Crippen molar-refractivity contribution >= 4 is 0 Å². The maximum Gasteiger partial charge on any atom is 0.126 e. The first kappa shape index (κ1) is 10.8. The molecular weight excluding hydrogens is 210 g/mol. The summed E-state index contributed by atoms with van der Waals surface area (Å²) in [4.78, 5) is 7.92. The van der Waals surface area contributed by atoms with E-state index in [0.29, 0.717) is 5.92 Å². The Morgan fingerprint density at radius 1 is 1.24 bits per heavy atom. The highest BCUT2D eigenvalue weighted by atomic mass is 14.9. The number of aromatic amines is 1. The number of aromatic nitrogens is 2. The first-order valence-corrected chi connectivity index (χ1v) is 6.81. The van der Waals surface area contributed by atoms with Crippen molar-refractivity contribution in [2.75, 3.05) is 0 Å². The third-order valence-corrected chi connectivity index (χ3v) is 4.51. The molecule has 1 N–H and O–H groups in total. The fraction of sp³-hybridized carbons (Fsp3) is 0.714. The summed E-state index contributed by atoms with van der Waals surface area (Å²) in [5.74, 6) is 1.58. The van der Waals surface area contributed by atoms with Gasteiger partial charge in [-0.1, -0.05) is 19.3 Å². The van der Waals surface area contributed by atoms with Crippen molar-refractivity contribution in [3.05, 3.63) is 17.7 Å². The molecule has 2 aliphatic carbocycles. The van der Waals surface area contributed by atoms with E-state index in [9.17, 15) is 5.26 Å². The zero-order valence-corrected chi connectivity index (χ0v) is 10.2. The van der Waals surface area contributed by atoms with Crippen molar-refractivity contribution in [2.24, 2.45) is 0 Å². The molecule has 0 spiro atoms. The van der Waals surface area contributed by atoms with E-state index in [1.165, 1.54) is 37.8 Å². The lowest BCUT2D eigenvalue weighted by Gasteiger charge is -2.33. The summed E-state index contributed by atoms with van der Waals surface area (Å²) < 4.78 is 0. The van der Waals surface area contributed by atoms with Gasteiger partial charge in [0, 0.05) is 17.8 Å². The number of H-pyrrole nitrogens is 1. The van der Waals surface area contributed by atoms with Crippen molar-refractivity contribution in [1.82, 2.24) is 9.97 Å². The maximum absolute atomic E-state index is 9.30. The summed E-state index contributed by atoms with van der Waals surface area (Å²) in [5.41, 5.74) is 0.980. The number of hydrogen-bond donors (Lipinski definition) is 1. The predicted molar refractivity (Wildman–Crippen MR) is 65.6 cm³/mol. The van der Waals surface area contributed by atoms with E-state index in [0.717, 1.165) is 25.1 Å². The van der Waals surface area contributed by atoms with Gasteiger partial charge in [0.05, 0.1) is 6.07 Å². The van der Waals surface area contributed by atoms with Crippen LogP contribution in [0.4, 0.5) is 0 Å². The monoisotopic (exact) mass is 229 g/mol. The topological polar surface area (TPSA) is 52.5 Å². The molecule has 0 radical (unpaired) electrons. The van der Waals surface area contributed by atoms with Crippen LogP contribution in [0.3, 0.4) is 0 Å². The van der Waals surface area contributed by atoms with Gasteiger partial charge in [-0.2, -0.15) is 5.26 Å². The largest absolute Gasteiger partial charge is 0.344 e. The molecule has 2 saturated carbocycles. The summed E-state index contributed by atoms with van der Waals surface area (Å²) in [6.07, 6.45) is 11.7. The molecular formula is C14H19N3. The van der Waals surface area contributed by atoms with Gasteiger partial charge in [0.2, 0.25) is 0 Å². The zero-order chi connectivity index (χ0) is 11.7. The smallest absolute Gasteiger partial charge is 0.126 e. The van der Waals surface area contributed by atoms with Gasteiger partial charge < -0.3 is 4.98 Å². The van der Waals surface area contributed by atoms with Crippen molar-refractivity contribution < 1.29 is 0 Å². The summed E-state index contributed by atoms with van der Waals surface area (Å²) in [6.45, 7) is 0. The highest BCUT2D eigenvalue weighted by Gasteiger charge is 2.41. The van der Waals surface area contributed by atoms with E-state index in [4.69, 9.17) is 0 Å². The summed E-state index contributed by atoms with van der Waals surface area (Å²) in [7, 11) is 0. The van der Waals surface area contributed by atoms with E-state index < -0.39 is 0 Å². The predicted octanol–water partition coefficient (Wildman–Crippen LogP) is 3.40. The molecule has 0 bridgehead atoms. The van der Waals surface area contributed by atoms with Crippen LogP contribution in [0.1, 0.15) is 68.8 Å². The second-order valence-corrected chi connectivity index (χ2v) is 5.57. The third kappa shape index (κ3) is 1.76. The molecule has 1 aromatic heterocycles. The number of nitrogens with one attached hydrogen (secondary N) is 1. The second-order valence-electron chi connectivity index (χ2n) is 5.57. The van der Waals surface area contributed by atoms with Crippen molar-refractivity contribution in [3.8, 4) is 6.07 Å². The van der Waals surface area contributed by atoms with Crippen LogP contribution in [0.2, 0.25) is 0 Å². The molecule has 0 amide bonds. The molecule has 2 aliphatic rings. The van der Waals surface area contributed by atoms with Crippen LogP contribution < -0.4 is 0 Å². The summed E-state index contributed by atoms with van der Waals surface area (Å²) >= 11 is 0. The SMILES string of the molecule is N#CC1(c2ncc(C3CCCCC3)[nH]2)CCC1. The highest BCUT2D eigenvalue weighted by Crippen LogP contribution is 2.42. The number of rotatable bonds is 2. The van der Waals surface area contributed by atoms with Crippen molar-refractivity contribution in [3.63, 3.8) is 0 Å². The Labute approximate surface area is 102 Å².